The van der Waals surface area contributed by atoms with Crippen molar-refractivity contribution in [3.05, 3.63) is 77.9 Å². The van der Waals surface area contributed by atoms with Gasteiger partial charge in [-0.15, -0.1) is 0 Å². The monoisotopic (exact) mass is 362 g/mol. The molecule has 3 aromatic carbocycles. The van der Waals surface area contributed by atoms with Crippen molar-refractivity contribution in [2.45, 2.75) is 0 Å². The summed E-state index contributed by atoms with van der Waals surface area (Å²) in [4.78, 5) is 23.2. The van der Waals surface area contributed by atoms with Crippen LogP contribution in [0.3, 0.4) is 0 Å². The van der Waals surface area contributed by atoms with Gasteiger partial charge in [-0.2, -0.15) is 5.10 Å². The Hall–Kier alpha value is -3.67. The number of hydrogen-bond donors (Lipinski definition) is 1. The molecule has 0 fully saturated rings. The normalized spacial score (nSPS) is 10.7. The molecule has 0 atom stereocenters. The van der Waals surface area contributed by atoms with Gasteiger partial charge >= 0.3 is 5.97 Å². The van der Waals surface area contributed by atoms with Crippen molar-refractivity contribution in [3.63, 3.8) is 0 Å². The summed E-state index contributed by atoms with van der Waals surface area (Å²) in [7, 11) is 1.33. The predicted molar refractivity (Wildman–Crippen MR) is 103 cm³/mol. The number of carbonyl (C=O) groups excluding carboxylic acids is 2. The molecule has 0 saturated heterocycles. The smallest absolute Gasteiger partial charge is 0.337 e. The Bertz CT molecular complexity index is 981. The molecule has 1 amide bonds. The number of esters is 1. The fourth-order valence-electron chi connectivity index (χ4n) is 2.44. The number of ether oxygens (including phenoxy) is 2. The first-order valence-corrected chi connectivity index (χ1v) is 8.27. The summed E-state index contributed by atoms with van der Waals surface area (Å²) in [5.74, 6) is -0.158. The molecule has 0 saturated carbocycles. The molecule has 0 heterocycles. The van der Waals surface area contributed by atoms with E-state index in [1.165, 1.54) is 13.3 Å². The number of hydrogen-bond acceptors (Lipinski definition) is 5. The molecule has 3 rings (SSSR count). The molecular weight excluding hydrogens is 344 g/mol. The van der Waals surface area contributed by atoms with E-state index in [-0.39, 0.29) is 12.5 Å². The molecule has 6 heteroatoms. The average molecular weight is 362 g/mol. The van der Waals surface area contributed by atoms with Gasteiger partial charge in [-0.3, -0.25) is 4.79 Å². The minimum absolute atomic E-state index is 0.142. The van der Waals surface area contributed by atoms with E-state index in [0.29, 0.717) is 11.3 Å². The number of benzene rings is 3. The van der Waals surface area contributed by atoms with E-state index in [4.69, 9.17) is 4.74 Å². The summed E-state index contributed by atoms with van der Waals surface area (Å²) in [6, 6.07) is 20.2. The highest BCUT2D eigenvalue weighted by molar-refractivity contribution is 5.91. The van der Waals surface area contributed by atoms with E-state index >= 15 is 0 Å². The van der Waals surface area contributed by atoms with E-state index in [1.807, 2.05) is 42.5 Å². The Balaban J connectivity index is 1.50. The number of rotatable bonds is 6. The third-order valence-electron chi connectivity index (χ3n) is 3.83. The maximum atomic E-state index is 11.8. The highest BCUT2D eigenvalue weighted by Gasteiger charge is 2.04. The molecule has 0 spiro atoms. The number of methoxy groups -OCH3 is 1. The van der Waals surface area contributed by atoms with Crippen LogP contribution in [-0.4, -0.2) is 31.8 Å². The van der Waals surface area contributed by atoms with Crippen molar-refractivity contribution in [3.8, 4) is 5.75 Å². The molecule has 136 valence electrons. The topological polar surface area (TPSA) is 77.0 Å². The van der Waals surface area contributed by atoms with Gasteiger partial charge in [0.05, 0.1) is 18.9 Å². The molecule has 0 aliphatic rings. The highest BCUT2D eigenvalue weighted by Crippen LogP contribution is 2.20. The Morgan fingerprint density at radius 3 is 2.48 bits per heavy atom. The lowest BCUT2D eigenvalue weighted by atomic mass is 10.1. The molecule has 1 N–H and O–H groups in total. The highest BCUT2D eigenvalue weighted by atomic mass is 16.5. The Morgan fingerprint density at radius 1 is 1.00 bits per heavy atom. The van der Waals surface area contributed by atoms with Crippen molar-refractivity contribution in [2.75, 3.05) is 13.7 Å². The minimum atomic E-state index is -0.405. The van der Waals surface area contributed by atoms with Gasteiger partial charge in [0.1, 0.15) is 5.75 Å². The van der Waals surface area contributed by atoms with Crippen LogP contribution in [0.1, 0.15) is 15.9 Å². The van der Waals surface area contributed by atoms with Crippen LogP contribution in [0.25, 0.3) is 10.8 Å². The van der Waals surface area contributed by atoms with Gasteiger partial charge in [0.15, 0.2) is 6.61 Å². The maximum Gasteiger partial charge on any atom is 0.337 e. The zero-order valence-corrected chi connectivity index (χ0v) is 14.7. The molecule has 0 unspecified atom stereocenters. The maximum absolute atomic E-state index is 11.8. The largest absolute Gasteiger partial charge is 0.484 e. The Labute approximate surface area is 156 Å². The summed E-state index contributed by atoms with van der Waals surface area (Å²) in [5, 5.41) is 6.03. The van der Waals surface area contributed by atoms with Gasteiger partial charge in [0.25, 0.3) is 5.91 Å². The van der Waals surface area contributed by atoms with Crippen molar-refractivity contribution in [2.24, 2.45) is 5.10 Å². The first-order valence-electron chi connectivity index (χ1n) is 8.27. The van der Waals surface area contributed by atoms with Crippen LogP contribution < -0.4 is 10.2 Å². The molecule has 27 heavy (non-hydrogen) atoms. The van der Waals surface area contributed by atoms with Gasteiger partial charge in [-0.1, -0.05) is 42.5 Å². The first-order chi connectivity index (χ1) is 13.2. The lowest BCUT2D eigenvalue weighted by Gasteiger charge is -2.06. The van der Waals surface area contributed by atoms with Crippen LogP contribution in [0.2, 0.25) is 0 Å². The fraction of sp³-hybridized carbons (Fsp3) is 0.0952. The zero-order chi connectivity index (χ0) is 19.1. The van der Waals surface area contributed by atoms with E-state index in [2.05, 4.69) is 15.3 Å². The van der Waals surface area contributed by atoms with Gasteiger partial charge in [-0.05, 0) is 40.6 Å². The van der Waals surface area contributed by atoms with E-state index in [0.717, 1.165) is 16.3 Å². The standard InChI is InChI=1S/C21H18N2O4/c1-26-21(25)17-8-6-15(7-9-17)13-22-23-20(24)14-27-19-11-10-16-4-2-3-5-18(16)12-19/h2-13H,14H2,1H3,(H,23,24)/b22-13+. The fourth-order valence-corrected chi connectivity index (χ4v) is 2.44. The van der Waals surface area contributed by atoms with Crippen molar-refractivity contribution >= 4 is 28.9 Å². The summed E-state index contributed by atoms with van der Waals surface area (Å²) >= 11 is 0. The second-order valence-electron chi connectivity index (χ2n) is 5.70. The molecule has 3 aromatic rings. The van der Waals surface area contributed by atoms with Gasteiger partial charge in [0, 0.05) is 0 Å². The Kier molecular flexibility index (Phi) is 5.79. The number of fused-ring (bicyclic) bond motifs is 1. The molecule has 0 aliphatic carbocycles. The van der Waals surface area contributed by atoms with Gasteiger partial charge < -0.3 is 9.47 Å². The number of hydrazone groups is 1. The summed E-state index contributed by atoms with van der Waals surface area (Å²) in [6.45, 7) is -0.142. The second kappa shape index (κ2) is 8.62. The SMILES string of the molecule is COC(=O)c1ccc(/C=N/NC(=O)COc2ccc3ccccc3c2)cc1. The van der Waals surface area contributed by atoms with Crippen molar-refractivity contribution in [1.29, 1.82) is 0 Å². The third kappa shape index (κ3) is 4.92. The lowest BCUT2D eigenvalue weighted by Crippen LogP contribution is -2.24. The van der Waals surface area contributed by atoms with Crippen molar-refractivity contribution in [1.82, 2.24) is 5.43 Å². The number of nitrogens with zero attached hydrogens (tertiary/aromatic N) is 1. The number of amides is 1. The summed E-state index contributed by atoms with van der Waals surface area (Å²) in [5.41, 5.74) is 3.58. The molecule has 0 radical (unpaired) electrons. The predicted octanol–water partition coefficient (Wildman–Crippen LogP) is 3.16. The quantitative estimate of drug-likeness (QED) is 0.415. The van der Waals surface area contributed by atoms with Crippen molar-refractivity contribution < 1.29 is 19.1 Å². The van der Waals surface area contributed by atoms with E-state index in [9.17, 15) is 9.59 Å². The Morgan fingerprint density at radius 2 is 1.74 bits per heavy atom. The van der Waals surface area contributed by atoms with Crippen LogP contribution in [0, 0.1) is 0 Å². The van der Waals surface area contributed by atoms with Crippen LogP contribution in [0.5, 0.6) is 5.75 Å². The molecule has 0 aromatic heterocycles. The molecule has 0 aliphatic heterocycles. The van der Waals surface area contributed by atoms with Crippen LogP contribution in [0.15, 0.2) is 71.8 Å². The van der Waals surface area contributed by atoms with Crippen LogP contribution in [-0.2, 0) is 9.53 Å². The molecular formula is C21H18N2O4. The molecule has 6 nitrogen and oxygen atoms in total. The van der Waals surface area contributed by atoms with E-state index in [1.54, 1.807) is 24.3 Å². The van der Waals surface area contributed by atoms with Crippen LogP contribution in [0.4, 0.5) is 0 Å². The lowest BCUT2D eigenvalue weighted by molar-refractivity contribution is -0.123. The number of carbonyl (C=O) groups is 2. The minimum Gasteiger partial charge on any atom is -0.484 e. The first kappa shape index (κ1) is 18.1. The average Bonchev–Trinajstić information content (AvgIpc) is 2.72. The number of nitrogens with one attached hydrogen (secondary N) is 1. The van der Waals surface area contributed by atoms with Gasteiger partial charge in [-0.25, -0.2) is 10.2 Å². The summed E-state index contributed by atoms with van der Waals surface area (Å²) in [6.07, 6.45) is 1.48. The third-order valence-corrected chi connectivity index (χ3v) is 3.83. The van der Waals surface area contributed by atoms with E-state index < -0.39 is 5.97 Å². The summed E-state index contributed by atoms with van der Waals surface area (Å²) < 4.78 is 10.1. The molecule has 0 bridgehead atoms. The van der Waals surface area contributed by atoms with Crippen LogP contribution >= 0.6 is 0 Å². The second-order valence-corrected chi connectivity index (χ2v) is 5.70. The zero-order valence-electron chi connectivity index (χ0n) is 14.7. The van der Waals surface area contributed by atoms with Gasteiger partial charge in [0.2, 0.25) is 0 Å².